The van der Waals surface area contributed by atoms with Crippen LogP contribution in [0.5, 0.6) is 0 Å². The molecule has 0 saturated heterocycles. The number of carbonyl (C=O) groups is 2. The maximum Gasteiger partial charge on any atom is 0.306 e. The number of amides is 1. The Morgan fingerprint density at radius 3 is 2.50 bits per heavy atom. The second-order valence-corrected chi connectivity index (χ2v) is 6.06. The molecule has 0 atom stereocenters. The summed E-state index contributed by atoms with van der Waals surface area (Å²) in [6.45, 7) is 2.06. The Kier molecular flexibility index (Phi) is 7.95. The zero-order valence-electron chi connectivity index (χ0n) is 15.6. The molecule has 0 radical (unpaired) electrons. The Balaban J connectivity index is 1.66. The van der Waals surface area contributed by atoms with Crippen molar-refractivity contribution < 1.29 is 19.2 Å². The number of para-hydroxylation sites is 2. The first-order valence-corrected chi connectivity index (χ1v) is 9.01. The van der Waals surface area contributed by atoms with Crippen molar-refractivity contribution in [2.75, 3.05) is 23.8 Å². The van der Waals surface area contributed by atoms with Gasteiger partial charge in [-0.2, -0.15) is 0 Å². The fraction of sp³-hybridized carbons (Fsp3) is 0.300. The van der Waals surface area contributed by atoms with Gasteiger partial charge in [-0.15, -0.1) is 0 Å². The van der Waals surface area contributed by atoms with E-state index in [0.29, 0.717) is 24.3 Å². The Labute approximate surface area is 163 Å². The predicted molar refractivity (Wildman–Crippen MR) is 106 cm³/mol. The fourth-order valence-corrected chi connectivity index (χ4v) is 2.48. The van der Waals surface area contributed by atoms with E-state index in [4.69, 9.17) is 4.74 Å². The molecule has 2 aromatic rings. The summed E-state index contributed by atoms with van der Waals surface area (Å²) in [6.07, 6.45) is 1.44. The number of nitro benzene ring substituents is 1. The van der Waals surface area contributed by atoms with Crippen LogP contribution in [-0.4, -0.2) is 30.0 Å². The van der Waals surface area contributed by atoms with E-state index in [1.807, 2.05) is 19.1 Å². The Bertz CT molecular complexity index is 821. The third-order valence-electron chi connectivity index (χ3n) is 3.98. The van der Waals surface area contributed by atoms with Crippen LogP contribution in [0.2, 0.25) is 0 Å². The van der Waals surface area contributed by atoms with Crippen molar-refractivity contribution in [2.45, 2.75) is 26.2 Å². The van der Waals surface area contributed by atoms with Crippen LogP contribution in [-0.2, 0) is 20.7 Å². The molecule has 0 saturated carbocycles. The van der Waals surface area contributed by atoms with Crippen LogP contribution in [0.3, 0.4) is 0 Å². The molecule has 0 aliphatic carbocycles. The zero-order valence-corrected chi connectivity index (χ0v) is 15.6. The molecule has 2 rings (SSSR count). The van der Waals surface area contributed by atoms with Crippen molar-refractivity contribution in [2.24, 2.45) is 0 Å². The number of anilines is 2. The molecular formula is C20H23N3O5. The van der Waals surface area contributed by atoms with E-state index in [0.717, 1.165) is 6.42 Å². The van der Waals surface area contributed by atoms with Crippen molar-refractivity contribution in [1.82, 2.24) is 0 Å². The second kappa shape index (κ2) is 10.7. The third kappa shape index (κ3) is 6.71. The van der Waals surface area contributed by atoms with Crippen molar-refractivity contribution in [3.8, 4) is 0 Å². The molecule has 2 N–H and O–H groups in total. The summed E-state index contributed by atoms with van der Waals surface area (Å²) in [6, 6.07) is 13.7. The number of rotatable bonds is 10. The summed E-state index contributed by atoms with van der Waals surface area (Å²) >= 11 is 0. The van der Waals surface area contributed by atoms with Crippen molar-refractivity contribution in [3.63, 3.8) is 0 Å². The maximum atomic E-state index is 11.8. The highest BCUT2D eigenvalue weighted by Crippen LogP contribution is 2.22. The molecule has 0 spiro atoms. The molecule has 8 heteroatoms. The summed E-state index contributed by atoms with van der Waals surface area (Å²) in [5.41, 5.74) is 2.19. The standard InChI is InChI=1S/C20H23N3O5/c1-2-15-9-11-16(12-10-15)22-19(24)14-28-20(25)8-5-13-21-17-6-3-4-7-18(17)23(26)27/h3-4,6-7,9-12,21H,2,5,8,13-14H2,1H3,(H,22,24). The number of nitro groups is 1. The average molecular weight is 385 g/mol. The normalized spacial score (nSPS) is 10.2. The van der Waals surface area contributed by atoms with Gasteiger partial charge in [0.05, 0.1) is 4.92 Å². The number of nitrogens with one attached hydrogen (secondary N) is 2. The zero-order chi connectivity index (χ0) is 20.4. The van der Waals surface area contributed by atoms with Gasteiger partial charge in [0.25, 0.3) is 11.6 Å². The molecule has 0 aliphatic rings. The van der Waals surface area contributed by atoms with Crippen molar-refractivity contribution >= 4 is 28.9 Å². The lowest BCUT2D eigenvalue weighted by Crippen LogP contribution is -2.21. The average Bonchev–Trinajstić information content (AvgIpc) is 2.70. The fourth-order valence-electron chi connectivity index (χ4n) is 2.48. The molecule has 0 heterocycles. The molecule has 148 valence electrons. The van der Waals surface area contributed by atoms with E-state index in [-0.39, 0.29) is 18.7 Å². The summed E-state index contributed by atoms with van der Waals surface area (Å²) in [7, 11) is 0. The molecule has 2 aromatic carbocycles. The first kappa shape index (κ1) is 20.9. The topological polar surface area (TPSA) is 111 Å². The number of benzene rings is 2. The second-order valence-electron chi connectivity index (χ2n) is 6.06. The number of hydrogen-bond acceptors (Lipinski definition) is 6. The Morgan fingerprint density at radius 1 is 1.11 bits per heavy atom. The molecule has 28 heavy (non-hydrogen) atoms. The van der Waals surface area contributed by atoms with Crippen LogP contribution in [0, 0.1) is 10.1 Å². The minimum Gasteiger partial charge on any atom is -0.456 e. The van der Waals surface area contributed by atoms with Crippen molar-refractivity contribution in [1.29, 1.82) is 0 Å². The highest BCUT2D eigenvalue weighted by atomic mass is 16.6. The smallest absolute Gasteiger partial charge is 0.306 e. The number of hydrogen-bond donors (Lipinski definition) is 2. The number of esters is 1. The van der Waals surface area contributed by atoms with Crippen molar-refractivity contribution in [3.05, 3.63) is 64.2 Å². The molecule has 0 fully saturated rings. The number of nitrogens with zero attached hydrogens (tertiary/aromatic N) is 1. The van der Waals surface area contributed by atoms with Crippen LogP contribution >= 0.6 is 0 Å². The molecule has 0 aromatic heterocycles. The lowest BCUT2D eigenvalue weighted by molar-refractivity contribution is -0.384. The van der Waals surface area contributed by atoms with Gasteiger partial charge in [-0.1, -0.05) is 31.2 Å². The first-order chi connectivity index (χ1) is 13.5. The number of aryl methyl sites for hydroxylation is 1. The van der Waals surface area contributed by atoms with Gasteiger partial charge in [0.1, 0.15) is 5.69 Å². The largest absolute Gasteiger partial charge is 0.456 e. The predicted octanol–water partition coefficient (Wildman–Crippen LogP) is 3.53. The van der Waals surface area contributed by atoms with Gasteiger partial charge in [-0.3, -0.25) is 19.7 Å². The van der Waals surface area contributed by atoms with Crippen LogP contribution in [0.25, 0.3) is 0 Å². The van der Waals surface area contributed by atoms with Crippen LogP contribution in [0.4, 0.5) is 17.1 Å². The van der Waals surface area contributed by atoms with Crippen LogP contribution in [0.15, 0.2) is 48.5 Å². The van der Waals surface area contributed by atoms with Crippen LogP contribution < -0.4 is 10.6 Å². The van der Waals surface area contributed by atoms with E-state index in [1.54, 1.807) is 30.3 Å². The number of ether oxygens (including phenoxy) is 1. The van der Waals surface area contributed by atoms with E-state index in [2.05, 4.69) is 10.6 Å². The minimum absolute atomic E-state index is 0.0197. The molecular weight excluding hydrogens is 362 g/mol. The molecule has 0 aliphatic heterocycles. The Hall–Kier alpha value is -3.42. The van der Waals surface area contributed by atoms with Crippen LogP contribution in [0.1, 0.15) is 25.3 Å². The molecule has 8 nitrogen and oxygen atoms in total. The summed E-state index contributed by atoms with van der Waals surface area (Å²) < 4.78 is 4.95. The van der Waals surface area contributed by atoms with E-state index in [1.165, 1.54) is 11.6 Å². The molecule has 0 unspecified atom stereocenters. The van der Waals surface area contributed by atoms with Gasteiger partial charge in [0, 0.05) is 24.7 Å². The van der Waals surface area contributed by atoms with Gasteiger partial charge in [0.15, 0.2) is 6.61 Å². The quantitative estimate of drug-likeness (QED) is 0.280. The number of carbonyl (C=O) groups excluding carboxylic acids is 2. The van der Waals surface area contributed by atoms with Gasteiger partial charge in [-0.05, 0) is 36.6 Å². The summed E-state index contributed by atoms with van der Waals surface area (Å²) in [5, 5.41) is 16.5. The van der Waals surface area contributed by atoms with Gasteiger partial charge in [-0.25, -0.2) is 0 Å². The summed E-state index contributed by atoms with van der Waals surface area (Å²) in [5.74, 6) is -0.906. The monoisotopic (exact) mass is 385 g/mol. The SMILES string of the molecule is CCc1ccc(NC(=O)COC(=O)CCCNc2ccccc2[N+](=O)[O-])cc1. The van der Waals surface area contributed by atoms with Gasteiger partial charge < -0.3 is 15.4 Å². The lowest BCUT2D eigenvalue weighted by atomic mass is 10.1. The molecule has 1 amide bonds. The van der Waals surface area contributed by atoms with E-state index >= 15 is 0 Å². The molecule has 0 bridgehead atoms. The van der Waals surface area contributed by atoms with E-state index in [9.17, 15) is 19.7 Å². The third-order valence-corrected chi connectivity index (χ3v) is 3.98. The first-order valence-electron chi connectivity index (χ1n) is 9.01. The lowest BCUT2D eigenvalue weighted by Gasteiger charge is -2.08. The highest BCUT2D eigenvalue weighted by molar-refractivity contribution is 5.92. The highest BCUT2D eigenvalue weighted by Gasteiger charge is 2.12. The van der Waals surface area contributed by atoms with Gasteiger partial charge in [0.2, 0.25) is 0 Å². The minimum atomic E-state index is -0.499. The maximum absolute atomic E-state index is 11.8. The Morgan fingerprint density at radius 2 is 1.82 bits per heavy atom. The van der Waals surface area contributed by atoms with Gasteiger partial charge >= 0.3 is 5.97 Å². The van der Waals surface area contributed by atoms with E-state index < -0.39 is 16.8 Å². The summed E-state index contributed by atoms with van der Waals surface area (Å²) in [4.78, 5) is 34.0.